The minimum Gasteiger partial charge on any atom is -0.398 e. The molecule has 0 fully saturated rings. The van der Waals surface area contributed by atoms with E-state index < -0.39 is 0 Å². The maximum atomic E-state index is 6.35. The van der Waals surface area contributed by atoms with Gasteiger partial charge in [-0.15, -0.1) is 12.8 Å². The summed E-state index contributed by atoms with van der Waals surface area (Å²) in [5.74, 6) is 0. The maximum Gasteiger partial charge on any atom is 0.0599 e. The number of nitrogen functional groups attached to an aromatic ring is 1. The van der Waals surface area contributed by atoms with Crippen molar-refractivity contribution in [3.63, 3.8) is 0 Å². The van der Waals surface area contributed by atoms with Gasteiger partial charge in [0.25, 0.3) is 0 Å². The van der Waals surface area contributed by atoms with E-state index in [-0.39, 0.29) is 0 Å². The van der Waals surface area contributed by atoms with E-state index in [0.29, 0.717) is 6.42 Å². The summed E-state index contributed by atoms with van der Waals surface area (Å²) >= 11 is 0. The summed E-state index contributed by atoms with van der Waals surface area (Å²) in [5.41, 5.74) is 17.2. The van der Waals surface area contributed by atoms with Crippen molar-refractivity contribution in [1.29, 1.82) is 0 Å². The van der Waals surface area contributed by atoms with Crippen LogP contribution in [0, 0.1) is 12.8 Å². The van der Waals surface area contributed by atoms with Gasteiger partial charge < -0.3 is 11.1 Å². The average Bonchev–Trinajstić information content (AvgIpc) is 3.21. The first-order valence-electron chi connectivity index (χ1n) is 11.5. The van der Waals surface area contributed by atoms with Crippen molar-refractivity contribution in [3.8, 4) is 35.1 Å². The number of benzene rings is 3. The summed E-state index contributed by atoms with van der Waals surface area (Å²) < 4.78 is 1.97. The topological polar surface area (TPSA) is 59.1 Å². The number of aryl methyl sites for hydroxylation is 1. The molecule has 5 heteroatoms. The van der Waals surface area contributed by atoms with Gasteiger partial charge in [-0.05, 0) is 65.2 Å². The molecule has 5 nitrogen and oxygen atoms in total. The minimum atomic E-state index is 0.648. The number of hydrogen-bond acceptors (Lipinski definition) is 4. The van der Waals surface area contributed by atoms with Crippen molar-refractivity contribution in [2.24, 2.45) is 7.05 Å². The molecule has 0 aliphatic carbocycles. The molecule has 0 radical (unpaired) electrons. The molecular weight excluding hydrogens is 430 g/mol. The van der Waals surface area contributed by atoms with Gasteiger partial charge in [-0.25, -0.2) is 0 Å². The van der Waals surface area contributed by atoms with Crippen molar-refractivity contribution in [3.05, 3.63) is 102 Å². The number of anilines is 2. The third-order valence-corrected chi connectivity index (χ3v) is 6.24. The molecule has 0 saturated heterocycles. The summed E-state index contributed by atoms with van der Waals surface area (Å²) in [7, 11) is 4.16. The molecule has 0 atom stereocenters. The lowest BCUT2D eigenvalue weighted by Gasteiger charge is -2.19. The first-order valence-corrected chi connectivity index (χ1v) is 11.5. The lowest BCUT2D eigenvalue weighted by molar-refractivity contribution is 0.310. The molecule has 0 spiro atoms. The number of fused-ring (bicyclic) bond motifs is 9. The molecule has 1 aliphatic rings. The van der Waals surface area contributed by atoms with Gasteiger partial charge in [0.15, 0.2) is 0 Å². The van der Waals surface area contributed by atoms with Crippen LogP contribution in [0.15, 0.2) is 85.2 Å². The van der Waals surface area contributed by atoms with Crippen molar-refractivity contribution >= 4 is 11.4 Å². The summed E-state index contributed by atoms with van der Waals surface area (Å²) in [6.45, 7) is 5.91. The molecule has 3 aromatic carbocycles. The van der Waals surface area contributed by atoms with Crippen LogP contribution < -0.4 is 11.1 Å². The molecule has 6 bridgehead atoms. The zero-order chi connectivity index (χ0) is 24.9. The number of nitrogens with two attached hydrogens (primary N) is 1. The Kier molecular flexibility index (Phi) is 7.05. The van der Waals surface area contributed by atoms with E-state index >= 15 is 0 Å². The van der Waals surface area contributed by atoms with Crippen molar-refractivity contribution in [1.82, 2.24) is 14.7 Å². The van der Waals surface area contributed by atoms with Crippen LogP contribution in [0.1, 0.15) is 16.8 Å². The summed E-state index contributed by atoms with van der Waals surface area (Å²) in [5, 5.41) is 8.04. The van der Waals surface area contributed by atoms with E-state index in [4.69, 9.17) is 5.73 Å². The minimum absolute atomic E-state index is 0.648. The van der Waals surface area contributed by atoms with Gasteiger partial charge in [0, 0.05) is 49.2 Å². The zero-order valence-electron chi connectivity index (χ0n) is 20.3. The molecule has 5 rings (SSSR count). The Bertz CT molecular complexity index is 1380. The molecule has 1 aliphatic heterocycles. The van der Waals surface area contributed by atoms with E-state index in [9.17, 15) is 0 Å². The molecule has 176 valence electrons. The largest absolute Gasteiger partial charge is 0.398 e. The predicted molar refractivity (Wildman–Crippen MR) is 146 cm³/mol. The highest BCUT2D eigenvalue weighted by molar-refractivity contribution is 5.71. The molecule has 0 saturated carbocycles. The van der Waals surface area contributed by atoms with Crippen LogP contribution in [0.5, 0.6) is 0 Å². The highest BCUT2D eigenvalue weighted by Crippen LogP contribution is 2.30. The molecular formula is C30H31N5. The van der Waals surface area contributed by atoms with Gasteiger partial charge in [0.05, 0.1) is 11.9 Å². The number of hydrogen-bond donors (Lipinski definition) is 2. The number of rotatable bonds is 0. The molecule has 3 N–H and O–H groups in total. The quantitative estimate of drug-likeness (QED) is 0.261. The fraction of sp³-hybridized carbons (Fsp3) is 0.167. The first kappa shape index (κ1) is 23.9. The highest BCUT2D eigenvalue weighted by atomic mass is 15.3. The Morgan fingerprint density at radius 1 is 0.914 bits per heavy atom. The number of aromatic nitrogens is 2. The summed E-state index contributed by atoms with van der Waals surface area (Å²) in [6.07, 6.45) is 10.6. The Morgan fingerprint density at radius 2 is 1.66 bits per heavy atom. The lowest BCUT2D eigenvalue weighted by atomic mass is 9.99. The van der Waals surface area contributed by atoms with Crippen LogP contribution in [0.2, 0.25) is 0 Å². The molecule has 0 amide bonds. The van der Waals surface area contributed by atoms with Crippen molar-refractivity contribution in [2.75, 3.05) is 18.1 Å². The van der Waals surface area contributed by atoms with Gasteiger partial charge >= 0.3 is 0 Å². The number of nitrogens with zero attached hydrogens (tertiary/aromatic N) is 3. The van der Waals surface area contributed by atoms with E-state index in [1.807, 2.05) is 24.0 Å². The average molecular weight is 462 g/mol. The third-order valence-electron chi connectivity index (χ3n) is 6.24. The van der Waals surface area contributed by atoms with Crippen LogP contribution in [-0.2, 0) is 26.6 Å². The second-order valence-corrected chi connectivity index (χ2v) is 8.90. The van der Waals surface area contributed by atoms with Crippen LogP contribution >= 0.6 is 0 Å². The first-order chi connectivity index (χ1) is 17.0. The van der Waals surface area contributed by atoms with E-state index in [1.165, 1.54) is 22.4 Å². The second-order valence-electron chi connectivity index (χ2n) is 8.90. The Labute approximate surface area is 207 Å². The second kappa shape index (κ2) is 10.3. The Morgan fingerprint density at radius 3 is 2.46 bits per heavy atom. The monoisotopic (exact) mass is 461 g/mol. The predicted octanol–water partition coefficient (Wildman–Crippen LogP) is 5.70. The molecule has 4 aromatic rings. The van der Waals surface area contributed by atoms with E-state index in [0.717, 1.165) is 46.9 Å². The van der Waals surface area contributed by atoms with E-state index in [1.54, 1.807) is 0 Å². The number of terminal acetylenes is 1. The van der Waals surface area contributed by atoms with Crippen LogP contribution in [0.3, 0.4) is 0 Å². The van der Waals surface area contributed by atoms with Gasteiger partial charge in [-0.1, -0.05) is 43.0 Å². The Hall–Kier alpha value is -4.27. The highest BCUT2D eigenvalue weighted by Gasteiger charge is 2.15. The standard InChI is InChI=1S/C28H29N5.C2H2/c1-19-12-24-14-23(10-11-27(24)29)26-16-30-33(3)28(26)18-32(2)17-20-6-4-7-21(13-20)22-8-5-9-25(15-22)31-19;1-2/h4-11,13-16,31H,1,12,17-18,29H2,2-3H3;1-2H. The molecule has 1 aromatic heterocycles. The molecule has 2 heterocycles. The maximum absolute atomic E-state index is 6.35. The Balaban J connectivity index is 0.00000141. The normalized spacial score (nSPS) is 13.5. The van der Waals surface area contributed by atoms with Crippen LogP contribution in [-0.4, -0.2) is 21.7 Å². The SMILES string of the molecule is C#C.C=C1Cc2cc(ccc2N)-c2cnn(C)c2CN(C)Cc2cccc(c2)-c2cccc(c2)N1. The van der Waals surface area contributed by atoms with Crippen LogP contribution in [0.25, 0.3) is 22.3 Å². The van der Waals surface area contributed by atoms with Gasteiger partial charge in [-0.3, -0.25) is 9.58 Å². The van der Waals surface area contributed by atoms with Gasteiger partial charge in [0.2, 0.25) is 0 Å². The zero-order valence-corrected chi connectivity index (χ0v) is 20.3. The summed E-state index contributed by atoms with van der Waals surface area (Å²) in [4.78, 5) is 2.33. The van der Waals surface area contributed by atoms with Crippen LogP contribution in [0.4, 0.5) is 11.4 Å². The van der Waals surface area contributed by atoms with Gasteiger partial charge in [-0.2, -0.15) is 5.10 Å². The number of allylic oxidation sites excluding steroid dienone is 1. The van der Waals surface area contributed by atoms with E-state index in [2.05, 4.69) is 102 Å². The molecule has 0 unspecified atom stereocenters. The fourth-order valence-electron chi connectivity index (χ4n) is 4.55. The number of nitrogens with one attached hydrogen (secondary N) is 1. The molecule has 35 heavy (non-hydrogen) atoms. The fourth-order valence-corrected chi connectivity index (χ4v) is 4.55. The summed E-state index contributed by atoms with van der Waals surface area (Å²) in [6, 6.07) is 23.5. The van der Waals surface area contributed by atoms with Crippen molar-refractivity contribution in [2.45, 2.75) is 19.5 Å². The smallest absolute Gasteiger partial charge is 0.0599 e. The van der Waals surface area contributed by atoms with Gasteiger partial charge in [0.1, 0.15) is 0 Å². The lowest BCUT2D eigenvalue weighted by Crippen LogP contribution is -2.19. The van der Waals surface area contributed by atoms with Crippen molar-refractivity contribution < 1.29 is 0 Å². The third kappa shape index (κ3) is 5.29.